The van der Waals surface area contributed by atoms with Crippen LogP contribution in [-0.4, -0.2) is 6.04 Å². The van der Waals surface area contributed by atoms with Crippen LogP contribution in [0.3, 0.4) is 0 Å². The van der Waals surface area contributed by atoms with Gasteiger partial charge in [0.1, 0.15) is 0 Å². The molecule has 0 bridgehead atoms. The highest BCUT2D eigenvalue weighted by molar-refractivity contribution is 9.10. The van der Waals surface area contributed by atoms with Crippen LogP contribution in [0, 0.1) is 0 Å². The van der Waals surface area contributed by atoms with Gasteiger partial charge < -0.3 is 5.73 Å². The van der Waals surface area contributed by atoms with Crippen LogP contribution in [-0.2, 0) is 5.41 Å². The van der Waals surface area contributed by atoms with Crippen LogP contribution in [0.5, 0.6) is 0 Å². The fourth-order valence-corrected chi connectivity index (χ4v) is 1.97. The lowest BCUT2D eigenvalue weighted by Gasteiger charge is -2.09. The third-order valence-electron chi connectivity index (χ3n) is 2.79. The minimum atomic E-state index is 0.240. The first-order valence-corrected chi connectivity index (χ1v) is 4.94. The van der Waals surface area contributed by atoms with Gasteiger partial charge in [0.25, 0.3) is 0 Å². The van der Waals surface area contributed by atoms with E-state index in [1.165, 1.54) is 5.56 Å². The number of halogens is 1. The second-order valence-corrected chi connectivity index (χ2v) is 4.65. The van der Waals surface area contributed by atoms with Gasteiger partial charge in [-0.2, -0.15) is 0 Å². The van der Waals surface area contributed by atoms with E-state index in [1.807, 2.05) is 6.07 Å². The summed E-state index contributed by atoms with van der Waals surface area (Å²) >= 11 is 3.46. The van der Waals surface area contributed by atoms with Crippen molar-refractivity contribution >= 4 is 15.9 Å². The van der Waals surface area contributed by atoms with E-state index < -0.39 is 0 Å². The van der Waals surface area contributed by atoms with Gasteiger partial charge in [-0.05, 0) is 24.1 Å². The Balaban J connectivity index is 2.36. The van der Waals surface area contributed by atoms with Crippen molar-refractivity contribution in [3.8, 4) is 0 Å². The van der Waals surface area contributed by atoms with E-state index in [4.69, 9.17) is 5.73 Å². The molecule has 0 aromatic heterocycles. The SMILES string of the molecule is CC1(c2cccc(Br)c2)CC1N. The van der Waals surface area contributed by atoms with Gasteiger partial charge in [0.05, 0.1) is 0 Å². The molecule has 0 saturated heterocycles. The molecule has 0 heterocycles. The molecule has 1 fully saturated rings. The van der Waals surface area contributed by atoms with Crippen LogP contribution < -0.4 is 5.73 Å². The van der Waals surface area contributed by atoms with Gasteiger partial charge in [0.2, 0.25) is 0 Å². The van der Waals surface area contributed by atoms with Gasteiger partial charge in [-0.3, -0.25) is 0 Å². The maximum absolute atomic E-state index is 5.87. The van der Waals surface area contributed by atoms with E-state index in [0.29, 0.717) is 6.04 Å². The second-order valence-electron chi connectivity index (χ2n) is 3.74. The van der Waals surface area contributed by atoms with Crippen LogP contribution in [0.4, 0.5) is 0 Å². The first-order valence-electron chi connectivity index (χ1n) is 4.14. The Morgan fingerprint density at radius 1 is 1.58 bits per heavy atom. The monoisotopic (exact) mass is 225 g/mol. The first kappa shape index (κ1) is 8.27. The molecule has 2 rings (SSSR count). The Kier molecular flexibility index (Phi) is 1.77. The summed E-state index contributed by atoms with van der Waals surface area (Å²) in [5.41, 5.74) is 7.46. The Hall–Kier alpha value is -0.340. The maximum atomic E-state index is 5.87. The van der Waals surface area contributed by atoms with Crippen molar-refractivity contribution in [2.24, 2.45) is 5.73 Å². The average molecular weight is 226 g/mol. The van der Waals surface area contributed by atoms with Crippen molar-refractivity contribution in [2.75, 3.05) is 0 Å². The molecule has 2 heteroatoms. The minimum absolute atomic E-state index is 0.240. The zero-order valence-electron chi connectivity index (χ0n) is 7.05. The van der Waals surface area contributed by atoms with Crippen molar-refractivity contribution in [1.29, 1.82) is 0 Å². The molecule has 1 nitrogen and oxygen atoms in total. The fraction of sp³-hybridized carbons (Fsp3) is 0.400. The van der Waals surface area contributed by atoms with Crippen molar-refractivity contribution < 1.29 is 0 Å². The molecule has 0 amide bonds. The topological polar surface area (TPSA) is 26.0 Å². The van der Waals surface area contributed by atoms with Crippen LogP contribution in [0.25, 0.3) is 0 Å². The molecule has 2 atom stereocenters. The molecule has 1 saturated carbocycles. The van der Waals surface area contributed by atoms with Gasteiger partial charge in [0.15, 0.2) is 0 Å². The summed E-state index contributed by atoms with van der Waals surface area (Å²) in [6, 6.07) is 8.77. The van der Waals surface area contributed by atoms with Crippen molar-refractivity contribution in [3.05, 3.63) is 34.3 Å². The van der Waals surface area contributed by atoms with E-state index in [1.54, 1.807) is 0 Å². The highest BCUT2D eigenvalue weighted by Crippen LogP contribution is 2.46. The summed E-state index contributed by atoms with van der Waals surface area (Å²) in [6.45, 7) is 2.22. The zero-order valence-corrected chi connectivity index (χ0v) is 8.64. The van der Waals surface area contributed by atoms with Gasteiger partial charge in [-0.15, -0.1) is 0 Å². The fourth-order valence-electron chi connectivity index (χ4n) is 1.57. The molecule has 2 unspecified atom stereocenters. The van der Waals surface area contributed by atoms with Gasteiger partial charge in [-0.1, -0.05) is 35.0 Å². The summed E-state index contributed by atoms with van der Waals surface area (Å²) in [7, 11) is 0. The maximum Gasteiger partial charge on any atom is 0.0178 e. The standard InChI is InChI=1S/C10H12BrN/c1-10(6-9(10)12)7-3-2-4-8(11)5-7/h2-5,9H,6,12H2,1H3. The molecule has 64 valence electrons. The molecule has 1 aliphatic rings. The van der Waals surface area contributed by atoms with Crippen LogP contribution in [0.2, 0.25) is 0 Å². The van der Waals surface area contributed by atoms with Crippen LogP contribution in [0.1, 0.15) is 18.9 Å². The molecule has 1 aliphatic carbocycles. The van der Waals surface area contributed by atoms with Gasteiger partial charge in [-0.25, -0.2) is 0 Å². The minimum Gasteiger partial charge on any atom is -0.327 e. The Bertz CT molecular complexity index is 310. The van der Waals surface area contributed by atoms with Crippen molar-refractivity contribution in [1.82, 2.24) is 0 Å². The molecule has 0 aliphatic heterocycles. The quantitative estimate of drug-likeness (QED) is 0.781. The van der Waals surface area contributed by atoms with E-state index in [0.717, 1.165) is 10.9 Å². The largest absolute Gasteiger partial charge is 0.327 e. The molecule has 0 radical (unpaired) electrons. The van der Waals surface area contributed by atoms with Gasteiger partial charge >= 0.3 is 0 Å². The molecule has 1 aromatic carbocycles. The highest BCUT2D eigenvalue weighted by atomic mass is 79.9. The third kappa shape index (κ3) is 1.19. The van der Waals surface area contributed by atoms with Crippen LogP contribution >= 0.6 is 15.9 Å². The molecular weight excluding hydrogens is 214 g/mol. The molecular formula is C10H12BrN. The number of benzene rings is 1. The average Bonchev–Trinajstić information content (AvgIpc) is 2.61. The summed E-state index contributed by atoms with van der Waals surface area (Å²) in [5.74, 6) is 0. The number of rotatable bonds is 1. The van der Waals surface area contributed by atoms with E-state index in [2.05, 4.69) is 41.1 Å². The Morgan fingerprint density at radius 2 is 2.25 bits per heavy atom. The molecule has 1 aromatic rings. The molecule has 2 N–H and O–H groups in total. The summed E-state index contributed by atoms with van der Waals surface area (Å²) in [5, 5.41) is 0. The van der Waals surface area contributed by atoms with Gasteiger partial charge in [0, 0.05) is 15.9 Å². The Labute approximate surface area is 81.1 Å². The lowest BCUT2D eigenvalue weighted by molar-refractivity contribution is 0.740. The first-order chi connectivity index (χ1) is 5.63. The predicted octanol–water partition coefficient (Wildman–Crippen LogP) is 2.44. The van der Waals surface area contributed by atoms with Crippen molar-refractivity contribution in [2.45, 2.75) is 24.8 Å². The third-order valence-corrected chi connectivity index (χ3v) is 3.28. The van der Waals surface area contributed by atoms with Crippen LogP contribution in [0.15, 0.2) is 28.7 Å². The lowest BCUT2D eigenvalue weighted by atomic mass is 9.98. The van der Waals surface area contributed by atoms with E-state index >= 15 is 0 Å². The Morgan fingerprint density at radius 3 is 2.75 bits per heavy atom. The zero-order chi connectivity index (χ0) is 8.77. The van der Waals surface area contributed by atoms with Crippen molar-refractivity contribution in [3.63, 3.8) is 0 Å². The summed E-state index contributed by atoms with van der Waals surface area (Å²) < 4.78 is 1.14. The van der Waals surface area contributed by atoms with E-state index in [-0.39, 0.29) is 5.41 Å². The molecule has 0 spiro atoms. The smallest absolute Gasteiger partial charge is 0.0178 e. The normalized spacial score (nSPS) is 33.4. The summed E-state index contributed by atoms with van der Waals surface area (Å²) in [4.78, 5) is 0. The number of nitrogens with two attached hydrogens (primary N) is 1. The summed E-state index contributed by atoms with van der Waals surface area (Å²) in [6.07, 6.45) is 1.11. The number of hydrogen-bond acceptors (Lipinski definition) is 1. The lowest BCUT2D eigenvalue weighted by Crippen LogP contribution is -2.14. The van der Waals surface area contributed by atoms with E-state index in [9.17, 15) is 0 Å². The highest BCUT2D eigenvalue weighted by Gasteiger charge is 2.48. The molecule has 12 heavy (non-hydrogen) atoms. The second kappa shape index (κ2) is 2.57. The number of hydrogen-bond donors (Lipinski definition) is 1. The predicted molar refractivity (Wildman–Crippen MR) is 54.1 cm³/mol.